The summed E-state index contributed by atoms with van der Waals surface area (Å²) in [6.07, 6.45) is 0. The molecule has 0 radical (unpaired) electrons. The number of nitrogens with zero attached hydrogens (tertiary/aromatic N) is 1. The first-order valence-corrected chi connectivity index (χ1v) is 7.41. The Kier molecular flexibility index (Phi) is 3.82. The Morgan fingerprint density at radius 1 is 1.24 bits per heavy atom. The highest BCUT2D eigenvalue weighted by Gasteiger charge is 2.23. The minimum absolute atomic E-state index is 0.0835. The number of benzene rings is 2. The normalized spacial score (nSPS) is 10.9. The molecule has 0 bridgehead atoms. The largest absolute Gasteiger partial charge is 0.398 e. The number of sulfonamides is 1. The lowest BCUT2D eigenvalue weighted by Crippen LogP contribution is -2.17. The molecule has 0 aliphatic rings. The van der Waals surface area contributed by atoms with Crippen molar-refractivity contribution in [1.82, 2.24) is 0 Å². The van der Waals surface area contributed by atoms with E-state index in [1.54, 1.807) is 19.1 Å². The van der Waals surface area contributed by atoms with Crippen LogP contribution in [0.3, 0.4) is 0 Å². The molecule has 0 fully saturated rings. The molecule has 0 spiro atoms. The number of rotatable bonds is 3. The Morgan fingerprint density at radius 3 is 2.52 bits per heavy atom. The van der Waals surface area contributed by atoms with Gasteiger partial charge in [0.05, 0.1) is 16.9 Å². The van der Waals surface area contributed by atoms with E-state index in [0.717, 1.165) is 6.07 Å². The molecule has 0 heterocycles. The van der Waals surface area contributed by atoms with E-state index in [4.69, 9.17) is 11.0 Å². The Morgan fingerprint density at radius 2 is 1.90 bits per heavy atom. The summed E-state index contributed by atoms with van der Waals surface area (Å²) < 4.78 is 40.5. The molecule has 2 aromatic carbocycles. The number of aryl methyl sites for hydroxylation is 1. The van der Waals surface area contributed by atoms with Crippen LogP contribution < -0.4 is 10.5 Å². The van der Waals surface area contributed by atoms with Gasteiger partial charge < -0.3 is 5.73 Å². The number of nitriles is 1. The molecule has 0 amide bonds. The second-order valence-corrected chi connectivity index (χ2v) is 5.99. The summed E-state index contributed by atoms with van der Waals surface area (Å²) in [4.78, 5) is -0.629. The van der Waals surface area contributed by atoms with Gasteiger partial charge in [0, 0.05) is 0 Å². The van der Waals surface area contributed by atoms with Gasteiger partial charge in [0.15, 0.2) is 0 Å². The number of nitrogens with two attached hydrogens (primary N) is 1. The SMILES string of the molecule is Cc1cccc(NS(=O)(=O)c2c(N)cccc2F)c1C#N. The maximum atomic E-state index is 13.7. The van der Waals surface area contributed by atoms with Gasteiger partial charge >= 0.3 is 0 Å². The standard InChI is InChI=1S/C14H12FN3O2S/c1-9-4-2-7-13(10(9)8-16)18-21(19,20)14-11(15)5-3-6-12(14)17/h2-7,18H,17H2,1H3. The molecule has 5 nitrogen and oxygen atoms in total. The molecule has 0 aliphatic heterocycles. The van der Waals surface area contributed by atoms with Crippen molar-refractivity contribution in [2.45, 2.75) is 11.8 Å². The van der Waals surface area contributed by atoms with Crippen LogP contribution in [0.25, 0.3) is 0 Å². The average molecular weight is 305 g/mol. The number of anilines is 2. The molecule has 0 aromatic heterocycles. The molecular formula is C14H12FN3O2S. The summed E-state index contributed by atoms with van der Waals surface area (Å²) in [5, 5.41) is 9.09. The number of nitrogens with one attached hydrogen (secondary N) is 1. The van der Waals surface area contributed by atoms with Crippen molar-refractivity contribution in [1.29, 1.82) is 5.26 Å². The van der Waals surface area contributed by atoms with Crippen molar-refractivity contribution in [2.75, 3.05) is 10.5 Å². The van der Waals surface area contributed by atoms with E-state index in [1.807, 2.05) is 6.07 Å². The van der Waals surface area contributed by atoms with Crippen LogP contribution in [-0.2, 0) is 10.0 Å². The van der Waals surface area contributed by atoms with Crippen molar-refractivity contribution in [3.8, 4) is 6.07 Å². The first-order valence-electron chi connectivity index (χ1n) is 5.93. The molecule has 3 N–H and O–H groups in total. The first kappa shape index (κ1) is 14.8. The number of hydrogen-bond donors (Lipinski definition) is 2. The van der Waals surface area contributed by atoms with E-state index in [1.165, 1.54) is 18.2 Å². The lowest BCUT2D eigenvalue weighted by molar-refractivity contribution is 0.572. The van der Waals surface area contributed by atoms with Gasteiger partial charge in [-0.15, -0.1) is 0 Å². The molecule has 0 saturated carbocycles. The fourth-order valence-corrected chi connectivity index (χ4v) is 3.17. The summed E-state index contributed by atoms with van der Waals surface area (Å²) in [7, 11) is -4.23. The molecule has 0 saturated heterocycles. The van der Waals surface area contributed by atoms with Crippen molar-refractivity contribution < 1.29 is 12.8 Å². The zero-order valence-electron chi connectivity index (χ0n) is 11.1. The Bertz CT molecular complexity index is 822. The predicted molar refractivity (Wildman–Crippen MR) is 77.5 cm³/mol. The van der Waals surface area contributed by atoms with Crippen LogP contribution in [0.1, 0.15) is 11.1 Å². The van der Waals surface area contributed by atoms with Crippen molar-refractivity contribution in [3.63, 3.8) is 0 Å². The third-order valence-corrected chi connectivity index (χ3v) is 4.35. The van der Waals surface area contributed by atoms with E-state index >= 15 is 0 Å². The van der Waals surface area contributed by atoms with E-state index < -0.39 is 20.7 Å². The molecule has 2 rings (SSSR count). The molecular weight excluding hydrogens is 293 g/mol. The van der Waals surface area contributed by atoms with Crippen LogP contribution in [0.4, 0.5) is 15.8 Å². The van der Waals surface area contributed by atoms with Crippen LogP contribution in [0.2, 0.25) is 0 Å². The summed E-state index contributed by atoms with van der Waals surface area (Å²) in [6.45, 7) is 1.67. The lowest BCUT2D eigenvalue weighted by Gasteiger charge is -2.12. The highest BCUT2D eigenvalue weighted by Crippen LogP contribution is 2.26. The number of hydrogen-bond acceptors (Lipinski definition) is 4. The number of halogens is 1. The monoisotopic (exact) mass is 305 g/mol. The summed E-state index contributed by atoms with van der Waals surface area (Å²) in [6, 6.07) is 10.2. The van der Waals surface area contributed by atoms with Crippen LogP contribution >= 0.6 is 0 Å². The fraction of sp³-hybridized carbons (Fsp3) is 0.0714. The topological polar surface area (TPSA) is 96.0 Å². The second kappa shape index (κ2) is 5.42. The molecule has 21 heavy (non-hydrogen) atoms. The molecule has 2 aromatic rings. The van der Waals surface area contributed by atoms with Crippen molar-refractivity contribution in [3.05, 3.63) is 53.3 Å². The van der Waals surface area contributed by atoms with Crippen molar-refractivity contribution >= 4 is 21.4 Å². The smallest absolute Gasteiger partial charge is 0.266 e. The van der Waals surface area contributed by atoms with Gasteiger partial charge in [-0.25, -0.2) is 12.8 Å². The second-order valence-electron chi connectivity index (χ2n) is 4.37. The highest BCUT2D eigenvalue weighted by atomic mass is 32.2. The van der Waals surface area contributed by atoms with Crippen molar-refractivity contribution in [2.24, 2.45) is 0 Å². The molecule has 0 unspecified atom stereocenters. The lowest BCUT2D eigenvalue weighted by atomic mass is 10.1. The summed E-state index contributed by atoms with van der Waals surface area (Å²) in [5.74, 6) is -0.950. The van der Waals surface area contributed by atoms with E-state index in [-0.39, 0.29) is 16.9 Å². The van der Waals surface area contributed by atoms with Gasteiger partial charge in [0.25, 0.3) is 10.0 Å². The van der Waals surface area contributed by atoms with Crippen LogP contribution in [-0.4, -0.2) is 8.42 Å². The van der Waals surface area contributed by atoms with Gasteiger partial charge in [-0.1, -0.05) is 18.2 Å². The van der Waals surface area contributed by atoms with E-state index in [2.05, 4.69) is 4.72 Å². The Labute approximate surface area is 121 Å². The average Bonchev–Trinajstić information content (AvgIpc) is 2.38. The van der Waals surface area contributed by atoms with Gasteiger partial charge in [-0.2, -0.15) is 5.26 Å². The predicted octanol–water partition coefficient (Wildman–Crippen LogP) is 2.39. The van der Waals surface area contributed by atoms with E-state index in [0.29, 0.717) is 5.56 Å². The molecule has 0 aliphatic carbocycles. The third kappa shape index (κ3) is 2.80. The molecule has 7 heteroatoms. The third-order valence-electron chi connectivity index (χ3n) is 2.90. The van der Waals surface area contributed by atoms with Crippen LogP contribution in [0.15, 0.2) is 41.3 Å². The van der Waals surface area contributed by atoms with Gasteiger partial charge in [0.2, 0.25) is 0 Å². The highest BCUT2D eigenvalue weighted by molar-refractivity contribution is 7.92. The maximum absolute atomic E-state index is 13.7. The summed E-state index contributed by atoms with van der Waals surface area (Å²) in [5.41, 5.74) is 6.21. The van der Waals surface area contributed by atoms with Crippen LogP contribution in [0.5, 0.6) is 0 Å². The van der Waals surface area contributed by atoms with Gasteiger partial charge in [0.1, 0.15) is 16.8 Å². The Hall–Kier alpha value is -2.59. The minimum Gasteiger partial charge on any atom is -0.398 e. The Balaban J connectivity index is 2.54. The molecule has 0 atom stereocenters. The minimum atomic E-state index is -4.23. The maximum Gasteiger partial charge on any atom is 0.266 e. The quantitative estimate of drug-likeness (QED) is 0.851. The van der Waals surface area contributed by atoms with Crippen LogP contribution in [0, 0.1) is 24.1 Å². The zero-order chi connectivity index (χ0) is 15.6. The van der Waals surface area contributed by atoms with Gasteiger partial charge in [-0.05, 0) is 30.7 Å². The van der Waals surface area contributed by atoms with E-state index in [9.17, 15) is 12.8 Å². The summed E-state index contributed by atoms with van der Waals surface area (Å²) >= 11 is 0. The van der Waals surface area contributed by atoms with Gasteiger partial charge in [-0.3, -0.25) is 4.72 Å². The molecule has 108 valence electrons. The zero-order valence-corrected chi connectivity index (χ0v) is 11.9. The fourth-order valence-electron chi connectivity index (χ4n) is 1.91. The first-order chi connectivity index (χ1) is 9.86. The number of nitrogen functional groups attached to an aromatic ring is 1.